The van der Waals surface area contributed by atoms with Crippen molar-refractivity contribution in [3.63, 3.8) is 0 Å². The highest BCUT2D eigenvalue weighted by molar-refractivity contribution is 9.10. The van der Waals surface area contributed by atoms with Crippen LogP contribution in [-0.2, 0) is 4.79 Å². The molecule has 0 atom stereocenters. The van der Waals surface area contributed by atoms with E-state index in [0.717, 1.165) is 21.8 Å². The fraction of sp³-hybridized carbons (Fsp3) is 0. The molecule has 1 aliphatic heterocycles. The molecule has 1 aromatic heterocycles. The monoisotopic (exact) mass is 383 g/mol. The maximum absolute atomic E-state index is 11.5. The molecule has 0 unspecified atom stereocenters. The fourth-order valence-corrected chi connectivity index (χ4v) is 2.87. The van der Waals surface area contributed by atoms with Crippen LogP contribution in [0.4, 0.5) is 4.79 Å². The number of imide groups is 1. The Morgan fingerprint density at radius 3 is 2.71 bits per heavy atom. The second-order valence-electron chi connectivity index (χ2n) is 4.18. The lowest BCUT2D eigenvalue weighted by molar-refractivity contribution is -0.115. The summed E-state index contributed by atoms with van der Waals surface area (Å²) >= 11 is 10.2. The molecule has 7 heteroatoms. The maximum atomic E-state index is 11.5. The molecule has 4 nitrogen and oxygen atoms in total. The third-order valence-corrected chi connectivity index (χ3v) is 4.79. The molecule has 2 aromatic rings. The van der Waals surface area contributed by atoms with Gasteiger partial charge in [-0.05, 0) is 52.0 Å². The third-order valence-electron chi connectivity index (χ3n) is 2.75. The number of hydrogen-bond acceptors (Lipinski definition) is 4. The van der Waals surface area contributed by atoms with Crippen molar-refractivity contribution in [2.45, 2.75) is 0 Å². The van der Waals surface area contributed by atoms with E-state index in [1.165, 1.54) is 6.08 Å². The predicted octanol–water partition coefficient (Wildman–Crippen LogP) is 4.69. The molecule has 3 rings (SSSR count). The summed E-state index contributed by atoms with van der Waals surface area (Å²) in [5, 5.41) is 2.40. The lowest BCUT2D eigenvalue weighted by atomic mass is 10.2. The number of carbonyl (C=O) groups excluding carboxylic acids is 2. The Kier molecular flexibility index (Phi) is 3.93. The zero-order valence-electron chi connectivity index (χ0n) is 10.4. The summed E-state index contributed by atoms with van der Waals surface area (Å²) in [6, 6.07) is 8.99. The van der Waals surface area contributed by atoms with Crippen molar-refractivity contribution in [1.82, 2.24) is 5.32 Å². The van der Waals surface area contributed by atoms with Gasteiger partial charge in [0, 0.05) is 16.1 Å². The SMILES string of the molecule is O=C1NC(=O)/C(=C/c2ccc(-c3ccc(Br)c(Cl)c3)o2)S1. The Bertz CT molecular complexity index is 784. The lowest BCUT2D eigenvalue weighted by Crippen LogP contribution is -2.17. The number of hydrogen-bond donors (Lipinski definition) is 1. The van der Waals surface area contributed by atoms with Gasteiger partial charge in [0.2, 0.25) is 0 Å². The molecule has 1 aromatic carbocycles. The fourth-order valence-electron chi connectivity index (χ4n) is 1.79. The van der Waals surface area contributed by atoms with Gasteiger partial charge in [-0.25, -0.2) is 0 Å². The Labute approximate surface area is 137 Å². The molecule has 0 spiro atoms. The number of amides is 2. The highest BCUT2D eigenvalue weighted by Gasteiger charge is 2.25. The molecule has 0 radical (unpaired) electrons. The zero-order valence-corrected chi connectivity index (χ0v) is 13.5. The van der Waals surface area contributed by atoms with Gasteiger partial charge >= 0.3 is 0 Å². The van der Waals surface area contributed by atoms with Crippen molar-refractivity contribution in [2.75, 3.05) is 0 Å². The summed E-state index contributed by atoms with van der Waals surface area (Å²) < 4.78 is 6.46. The van der Waals surface area contributed by atoms with Crippen LogP contribution in [0.5, 0.6) is 0 Å². The first-order chi connectivity index (χ1) is 10.0. The average Bonchev–Trinajstić information content (AvgIpc) is 3.01. The summed E-state index contributed by atoms with van der Waals surface area (Å²) in [6.45, 7) is 0. The van der Waals surface area contributed by atoms with Gasteiger partial charge in [0.1, 0.15) is 11.5 Å². The molecule has 2 heterocycles. The first-order valence-electron chi connectivity index (χ1n) is 5.83. The quantitative estimate of drug-likeness (QED) is 0.763. The Morgan fingerprint density at radius 1 is 1.24 bits per heavy atom. The summed E-state index contributed by atoms with van der Waals surface area (Å²) in [6.07, 6.45) is 1.54. The van der Waals surface area contributed by atoms with Gasteiger partial charge in [-0.2, -0.15) is 0 Å². The summed E-state index contributed by atoms with van der Waals surface area (Å²) in [5.41, 5.74) is 0.826. The van der Waals surface area contributed by atoms with E-state index < -0.39 is 5.91 Å². The van der Waals surface area contributed by atoms with Crippen LogP contribution in [-0.4, -0.2) is 11.1 Å². The number of benzene rings is 1. The van der Waals surface area contributed by atoms with Crippen LogP contribution in [0.1, 0.15) is 5.76 Å². The van der Waals surface area contributed by atoms with E-state index in [1.54, 1.807) is 18.2 Å². The zero-order chi connectivity index (χ0) is 15.0. The van der Waals surface area contributed by atoms with Crippen LogP contribution in [0.2, 0.25) is 5.02 Å². The van der Waals surface area contributed by atoms with Crippen LogP contribution in [0.3, 0.4) is 0 Å². The Balaban J connectivity index is 1.90. The molecule has 1 fully saturated rings. The van der Waals surface area contributed by atoms with Crippen molar-refractivity contribution >= 4 is 56.5 Å². The van der Waals surface area contributed by atoms with Crippen LogP contribution in [0, 0.1) is 0 Å². The second kappa shape index (κ2) is 5.71. The minimum atomic E-state index is -0.408. The minimum Gasteiger partial charge on any atom is -0.457 e. The van der Waals surface area contributed by atoms with Crippen LogP contribution in [0.25, 0.3) is 17.4 Å². The van der Waals surface area contributed by atoms with Crippen molar-refractivity contribution in [2.24, 2.45) is 0 Å². The number of halogens is 2. The first-order valence-corrected chi connectivity index (χ1v) is 7.82. The van der Waals surface area contributed by atoms with E-state index in [4.69, 9.17) is 16.0 Å². The van der Waals surface area contributed by atoms with E-state index in [2.05, 4.69) is 21.2 Å². The van der Waals surface area contributed by atoms with Crippen molar-refractivity contribution in [1.29, 1.82) is 0 Å². The predicted molar refractivity (Wildman–Crippen MR) is 86.0 cm³/mol. The maximum Gasteiger partial charge on any atom is 0.290 e. The van der Waals surface area contributed by atoms with Gasteiger partial charge < -0.3 is 4.42 Å². The minimum absolute atomic E-state index is 0.315. The molecule has 106 valence electrons. The summed E-state index contributed by atoms with van der Waals surface area (Å²) in [4.78, 5) is 22.9. The van der Waals surface area contributed by atoms with Gasteiger partial charge in [0.25, 0.3) is 11.1 Å². The molecule has 1 saturated heterocycles. The van der Waals surface area contributed by atoms with E-state index >= 15 is 0 Å². The number of rotatable bonds is 2. The normalized spacial score (nSPS) is 16.6. The van der Waals surface area contributed by atoms with Crippen LogP contribution in [0.15, 0.2) is 44.1 Å². The molecule has 1 aliphatic rings. The third kappa shape index (κ3) is 3.07. The molecule has 0 aliphatic carbocycles. The molecule has 2 amide bonds. The van der Waals surface area contributed by atoms with E-state index in [9.17, 15) is 9.59 Å². The van der Waals surface area contributed by atoms with E-state index in [-0.39, 0.29) is 5.24 Å². The van der Waals surface area contributed by atoms with E-state index in [1.807, 2.05) is 12.1 Å². The Morgan fingerprint density at radius 2 is 2.05 bits per heavy atom. The van der Waals surface area contributed by atoms with Gasteiger partial charge in [0.15, 0.2) is 0 Å². The van der Waals surface area contributed by atoms with Gasteiger partial charge in [0.05, 0.1) is 9.93 Å². The second-order valence-corrected chi connectivity index (χ2v) is 6.46. The summed E-state index contributed by atoms with van der Waals surface area (Å²) in [7, 11) is 0. The van der Waals surface area contributed by atoms with Gasteiger partial charge in [-0.1, -0.05) is 17.7 Å². The van der Waals surface area contributed by atoms with Crippen molar-refractivity contribution < 1.29 is 14.0 Å². The van der Waals surface area contributed by atoms with E-state index in [0.29, 0.717) is 21.4 Å². The molecule has 0 saturated carbocycles. The van der Waals surface area contributed by atoms with Crippen LogP contribution < -0.4 is 5.32 Å². The van der Waals surface area contributed by atoms with Crippen LogP contribution >= 0.6 is 39.3 Å². The highest BCUT2D eigenvalue weighted by atomic mass is 79.9. The topological polar surface area (TPSA) is 59.3 Å². The number of thioether (sulfide) groups is 1. The molecule has 21 heavy (non-hydrogen) atoms. The van der Waals surface area contributed by atoms with Crippen molar-refractivity contribution in [3.8, 4) is 11.3 Å². The number of furan rings is 1. The van der Waals surface area contributed by atoms with Gasteiger partial charge in [-0.3, -0.25) is 14.9 Å². The van der Waals surface area contributed by atoms with Gasteiger partial charge in [-0.15, -0.1) is 0 Å². The number of carbonyl (C=O) groups is 2. The standard InChI is InChI=1S/C14H7BrClNO3S/c15-9-3-1-7(5-10(9)16)11-4-2-8(20-11)6-12-13(18)17-14(19)21-12/h1-6H,(H,17,18,19)/b12-6-. The van der Waals surface area contributed by atoms with Crippen molar-refractivity contribution in [3.05, 3.63) is 50.5 Å². The smallest absolute Gasteiger partial charge is 0.290 e. The molecular weight excluding hydrogens is 378 g/mol. The summed E-state index contributed by atoms with van der Waals surface area (Å²) in [5.74, 6) is 0.719. The molecular formula is C14H7BrClNO3S. The highest BCUT2D eigenvalue weighted by Crippen LogP contribution is 2.31. The largest absolute Gasteiger partial charge is 0.457 e. The first kappa shape index (κ1) is 14.4. The molecule has 0 bridgehead atoms. The lowest BCUT2D eigenvalue weighted by Gasteiger charge is -1.99. The Hall–Kier alpha value is -1.50. The average molecular weight is 385 g/mol. The number of nitrogens with one attached hydrogen (secondary N) is 1. The molecule has 1 N–H and O–H groups in total.